The second kappa shape index (κ2) is 5.04. The highest BCUT2D eigenvalue weighted by Gasteiger charge is 2.26. The Morgan fingerprint density at radius 3 is 2.95 bits per heavy atom. The normalized spacial score (nSPS) is 13.9. The molecular formula is C10H14N6O3. The molecule has 1 aromatic heterocycles. The van der Waals surface area contributed by atoms with Crippen LogP contribution in [0.15, 0.2) is 6.20 Å². The summed E-state index contributed by atoms with van der Waals surface area (Å²) in [5.41, 5.74) is 5.13. The van der Waals surface area contributed by atoms with Gasteiger partial charge in [0.25, 0.3) is 0 Å². The Labute approximate surface area is 109 Å². The van der Waals surface area contributed by atoms with Gasteiger partial charge in [0.2, 0.25) is 17.7 Å². The number of nitrogen functional groups attached to an aromatic ring is 1. The predicted molar refractivity (Wildman–Crippen MR) is 67.5 cm³/mol. The van der Waals surface area contributed by atoms with E-state index in [1.165, 1.54) is 4.90 Å². The van der Waals surface area contributed by atoms with E-state index in [0.717, 1.165) is 19.0 Å². The fraction of sp³-hybridized carbons (Fsp3) is 0.500. The quantitative estimate of drug-likeness (QED) is 0.552. The van der Waals surface area contributed by atoms with Crippen LogP contribution in [0.2, 0.25) is 0 Å². The molecule has 0 radical (unpaired) electrons. The number of carbonyl (C=O) groups is 1. The molecule has 1 aromatic rings. The second-order valence-electron chi connectivity index (χ2n) is 4.39. The maximum Gasteiger partial charge on any atom is 0.329 e. The van der Waals surface area contributed by atoms with Crippen LogP contribution in [0.1, 0.15) is 12.8 Å². The van der Waals surface area contributed by atoms with Crippen LogP contribution in [0.5, 0.6) is 0 Å². The summed E-state index contributed by atoms with van der Waals surface area (Å²) in [5.74, 6) is -0.241. The van der Waals surface area contributed by atoms with Gasteiger partial charge in [0, 0.05) is 13.1 Å². The highest BCUT2D eigenvalue weighted by molar-refractivity contribution is 5.82. The number of hydrogen-bond acceptors (Lipinski definition) is 7. The SMILES string of the molecule is CN(CC(=O)NC1CC1)c1nc(N)ncc1[N+](=O)[O-]. The van der Waals surface area contributed by atoms with Crippen LogP contribution in [-0.2, 0) is 4.79 Å². The highest BCUT2D eigenvalue weighted by Crippen LogP contribution is 2.24. The number of anilines is 2. The van der Waals surface area contributed by atoms with E-state index in [-0.39, 0.29) is 35.9 Å². The molecule has 2 rings (SSSR count). The van der Waals surface area contributed by atoms with E-state index in [4.69, 9.17) is 5.73 Å². The van der Waals surface area contributed by atoms with Gasteiger partial charge < -0.3 is 16.0 Å². The monoisotopic (exact) mass is 266 g/mol. The number of nitrogens with zero attached hydrogens (tertiary/aromatic N) is 4. The van der Waals surface area contributed by atoms with Crippen molar-refractivity contribution in [2.24, 2.45) is 0 Å². The van der Waals surface area contributed by atoms with Crippen molar-refractivity contribution in [3.63, 3.8) is 0 Å². The maximum absolute atomic E-state index is 11.6. The van der Waals surface area contributed by atoms with Crippen LogP contribution >= 0.6 is 0 Å². The molecule has 0 aromatic carbocycles. The van der Waals surface area contributed by atoms with E-state index in [2.05, 4.69) is 15.3 Å². The first-order chi connectivity index (χ1) is 8.97. The van der Waals surface area contributed by atoms with Crippen LogP contribution in [0.4, 0.5) is 17.5 Å². The Balaban J connectivity index is 2.12. The zero-order chi connectivity index (χ0) is 14.0. The first kappa shape index (κ1) is 13.0. The van der Waals surface area contributed by atoms with Gasteiger partial charge in [-0.05, 0) is 12.8 Å². The van der Waals surface area contributed by atoms with Gasteiger partial charge in [-0.25, -0.2) is 4.98 Å². The van der Waals surface area contributed by atoms with Crippen molar-refractivity contribution in [3.8, 4) is 0 Å². The number of nitrogens with two attached hydrogens (primary N) is 1. The van der Waals surface area contributed by atoms with Crippen molar-refractivity contribution in [2.45, 2.75) is 18.9 Å². The topological polar surface area (TPSA) is 127 Å². The minimum atomic E-state index is -0.607. The van der Waals surface area contributed by atoms with Gasteiger partial charge in [-0.1, -0.05) is 0 Å². The molecule has 9 heteroatoms. The number of nitro groups is 1. The third-order valence-electron chi connectivity index (χ3n) is 2.65. The third kappa shape index (κ3) is 3.27. The average Bonchev–Trinajstić information content (AvgIpc) is 3.12. The van der Waals surface area contributed by atoms with Gasteiger partial charge in [-0.3, -0.25) is 14.9 Å². The van der Waals surface area contributed by atoms with Crippen molar-refractivity contribution >= 4 is 23.4 Å². The van der Waals surface area contributed by atoms with Gasteiger partial charge in [0.15, 0.2) is 0 Å². The standard InChI is InChI=1S/C10H14N6O3/c1-15(5-8(17)13-6-2-3-6)9-7(16(18)19)4-12-10(11)14-9/h4,6H,2-3,5H2,1H3,(H,13,17)(H2,11,12,14). The summed E-state index contributed by atoms with van der Waals surface area (Å²) in [6, 6.07) is 0.242. The fourth-order valence-electron chi connectivity index (χ4n) is 1.58. The molecule has 1 aliphatic rings. The molecule has 9 nitrogen and oxygen atoms in total. The maximum atomic E-state index is 11.6. The van der Waals surface area contributed by atoms with E-state index in [1.807, 2.05) is 0 Å². The average molecular weight is 266 g/mol. The fourth-order valence-corrected chi connectivity index (χ4v) is 1.58. The summed E-state index contributed by atoms with van der Waals surface area (Å²) in [5, 5.41) is 13.7. The van der Waals surface area contributed by atoms with E-state index < -0.39 is 4.92 Å². The molecule has 1 aliphatic carbocycles. The van der Waals surface area contributed by atoms with Crippen LogP contribution in [0, 0.1) is 10.1 Å². The second-order valence-corrected chi connectivity index (χ2v) is 4.39. The van der Waals surface area contributed by atoms with Crippen molar-refractivity contribution in [2.75, 3.05) is 24.2 Å². The summed E-state index contributed by atoms with van der Waals surface area (Å²) in [6.07, 6.45) is 3.00. The number of nitrogens with one attached hydrogen (secondary N) is 1. The van der Waals surface area contributed by atoms with Gasteiger partial charge >= 0.3 is 5.69 Å². The van der Waals surface area contributed by atoms with Crippen LogP contribution in [-0.4, -0.2) is 40.4 Å². The molecule has 0 bridgehead atoms. The van der Waals surface area contributed by atoms with Gasteiger partial charge in [0.1, 0.15) is 6.20 Å². The Morgan fingerprint density at radius 2 is 2.37 bits per heavy atom. The molecule has 0 spiro atoms. The molecule has 0 saturated heterocycles. The molecule has 1 saturated carbocycles. The van der Waals surface area contributed by atoms with Crippen LogP contribution in [0.25, 0.3) is 0 Å². The van der Waals surface area contributed by atoms with Crippen LogP contribution < -0.4 is 16.0 Å². The Morgan fingerprint density at radius 1 is 1.68 bits per heavy atom. The number of carbonyl (C=O) groups excluding carboxylic acids is 1. The lowest BCUT2D eigenvalue weighted by atomic mass is 10.4. The summed E-state index contributed by atoms with van der Waals surface area (Å²) in [4.78, 5) is 30.7. The number of rotatable bonds is 5. The minimum absolute atomic E-state index is 0.0200. The van der Waals surface area contributed by atoms with Crippen molar-refractivity contribution in [1.29, 1.82) is 0 Å². The largest absolute Gasteiger partial charge is 0.368 e. The Kier molecular flexibility index (Phi) is 3.45. The smallest absolute Gasteiger partial charge is 0.329 e. The molecule has 1 fully saturated rings. The Bertz CT molecular complexity index is 516. The zero-order valence-electron chi connectivity index (χ0n) is 10.4. The molecule has 102 valence electrons. The van der Waals surface area contributed by atoms with Crippen molar-refractivity contribution in [1.82, 2.24) is 15.3 Å². The molecular weight excluding hydrogens is 252 g/mol. The highest BCUT2D eigenvalue weighted by atomic mass is 16.6. The predicted octanol–water partition coefficient (Wildman–Crippen LogP) is -0.318. The molecule has 0 atom stereocenters. The lowest BCUT2D eigenvalue weighted by Gasteiger charge is -2.17. The van der Waals surface area contributed by atoms with Crippen molar-refractivity contribution < 1.29 is 9.72 Å². The van der Waals surface area contributed by atoms with Crippen molar-refractivity contribution in [3.05, 3.63) is 16.3 Å². The number of likely N-dealkylation sites (N-methyl/N-ethyl adjacent to an activating group) is 1. The molecule has 0 unspecified atom stereocenters. The lowest BCUT2D eigenvalue weighted by molar-refractivity contribution is -0.384. The van der Waals surface area contributed by atoms with E-state index in [0.29, 0.717) is 0 Å². The number of hydrogen-bond donors (Lipinski definition) is 2. The zero-order valence-corrected chi connectivity index (χ0v) is 10.4. The van der Waals surface area contributed by atoms with Gasteiger partial charge in [0.05, 0.1) is 11.5 Å². The summed E-state index contributed by atoms with van der Waals surface area (Å²) in [7, 11) is 1.54. The molecule has 19 heavy (non-hydrogen) atoms. The Hall–Kier alpha value is -2.45. The third-order valence-corrected chi connectivity index (χ3v) is 2.65. The number of aromatic nitrogens is 2. The lowest BCUT2D eigenvalue weighted by Crippen LogP contribution is -2.36. The summed E-state index contributed by atoms with van der Waals surface area (Å²) in [6.45, 7) is -0.0200. The molecule has 3 N–H and O–H groups in total. The van der Waals surface area contributed by atoms with E-state index in [1.54, 1.807) is 7.05 Å². The first-order valence-corrected chi connectivity index (χ1v) is 5.75. The van der Waals surface area contributed by atoms with Gasteiger partial charge in [-0.15, -0.1) is 0 Å². The van der Waals surface area contributed by atoms with E-state index >= 15 is 0 Å². The van der Waals surface area contributed by atoms with E-state index in [9.17, 15) is 14.9 Å². The first-order valence-electron chi connectivity index (χ1n) is 5.75. The number of amides is 1. The summed E-state index contributed by atoms with van der Waals surface area (Å²) < 4.78 is 0. The molecule has 0 aliphatic heterocycles. The van der Waals surface area contributed by atoms with Gasteiger partial charge in [-0.2, -0.15) is 4.98 Å². The summed E-state index contributed by atoms with van der Waals surface area (Å²) >= 11 is 0. The molecule has 1 heterocycles. The molecule has 1 amide bonds. The minimum Gasteiger partial charge on any atom is -0.368 e. The van der Waals surface area contributed by atoms with Crippen LogP contribution in [0.3, 0.4) is 0 Å².